The molecule has 1 amide bonds. The van der Waals surface area contributed by atoms with Crippen molar-refractivity contribution in [3.8, 4) is 5.75 Å². The Kier molecular flexibility index (Phi) is 4.37. The van der Waals surface area contributed by atoms with Crippen molar-refractivity contribution in [3.63, 3.8) is 0 Å². The van der Waals surface area contributed by atoms with Crippen LogP contribution in [0.25, 0.3) is 6.08 Å². The third-order valence-electron chi connectivity index (χ3n) is 3.18. The molecule has 21 heavy (non-hydrogen) atoms. The van der Waals surface area contributed by atoms with E-state index in [1.807, 2.05) is 0 Å². The first-order valence-corrected chi connectivity index (χ1v) is 6.39. The molecular formula is C15H14NO5-. The maximum Gasteiger partial charge on any atom is 0.294 e. The molecule has 1 aliphatic heterocycles. The number of amides is 1. The van der Waals surface area contributed by atoms with Gasteiger partial charge in [0.05, 0.1) is 13.7 Å². The summed E-state index contributed by atoms with van der Waals surface area (Å²) in [5, 5.41) is 10.4. The van der Waals surface area contributed by atoms with E-state index < -0.39 is 17.7 Å². The van der Waals surface area contributed by atoms with Crippen molar-refractivity contribution in [1.82, 2.24) is 4.90 Å². The number of carbonyl (C=O) groups is 3. The van der Waals surface area contributed by atoms with E-state index in [4.69, 9.17) is 4.74 Å². The summed E-state index contributed by atoms with van der Waals surface area (Å²) in [6.07, 6.45) is 1.34. The lowest BCUT2D eigenvalue weighted by Gasteiger charge is -2.13. The molecule has 0 unspecified atom stereocenters. The van der Waals surface area contributed by atoms with Gasteiger partial charge in [0.1, 0.15) is 5.75 Å². The van der Waals surface area contributed by atoms with E-state index in [0.717, 1.165) is 5.56 Å². The monoisotopic (exact) mass is 288 g/mol. The SMILES string of the molecule is COc1ccc(/C=C2\CN(CCC(=O)[O-])C(=O)C2=O)cc1. The lowest BCUT2D eigenvalue weighted by atomic mass is 10.1. The number of nitrogens with zero attached hydrogens (tertiary/aromatic N) is 1. The van der Waals surface area contributed by atoms with Crippen LogP contribution in [0, 0.1) is 0 Å². The van der Waals surface area contributed by atoms with Crippen molar-refractivity contribution in [1.29, 1.82) is 0 Å². The highest BCUT2D eigenvalue weighted by Crippen LogP contribution is 2.19. The molecule has 1 saturated heterocycles. The zero-order valence-electron chi connectivity index (χ0n) is 11.5. The lowest BCUT2D eigenvalue weighted by molar-refractivity contribution is -0.305. The number of ketones is 1. The molecule has 0 N–H and O–H groups in total. The fourth-order valence-corrected chi connectivity index (χ4v) is 2.05. The average molecular weight is 288 g/mol. The molecule has 0 spiro atoms. The molecular weight excluding hydrogens is 274 g/mol. The number of hydrogen-bond acceptors (Lipinski definition) is 5. The summed E-state index contributed by atoms with van der Waals surface area (Å²) in [5.74, 6) is -1.82. The van der Waals surface area contributed by atoms with Gasteiger partial charge in [-0.25, -0.2) is 0 Å². The summed E-state index contributed by atoms with van der Waals surface area (Å²) in [5.41, 5.74) is 1.12. The molecule has 0 atom stereocenters. The Morgan fingerprint density at radius 3 is 2.57 bits per heavy atom. The van der Waals surface area contributed by atoms with Crippen LogP contribution in [0.4, 0.5) is 0 Å². The van der Waals surface area contributed by atoms with Crippen LogP contribution in [0.2, 0.25) is 0 Å². The summed E-state index contributed by atoms with van der Waals surface area (Å²) < 4.78 is 5.04. The minimum absolute atomic E-state index is 0.0210. The first kappa shape index (κ1) is 14.8. The number of likely N-dealkylation sites (tertiary alicyclic amines) is 1. The van der Waals surface area contributed by atoms with Crippen LogP contribution in [-0.2, 0) is 14.4 Å². The Morgan fingerprint density at radius 1 is 1.33 bits per heavy atom. The summed E-state index contributed by atoms with van der Waals surface area (Å²) >= 11 is 0. The molecule has 0 aliphatic carbocycles. The van der Waals surface area contributed by atoms with E-state index in [1.165, 1.54) is 4.90 Å². The molecule has 1 fully saturated rings. The Hall–Kier alpha value is -2.63. The summed E-state index contributed by atoms with van der Waals surface area (Å²) in [4.78, 5) is 35.2. The molecule has 6 nitrogen and oxygen atoms in total. The summed E-state index contributed by atoms with van der Waals surface area (Å²) in [6, 6.07) is 7.05. The first-order chi connectivity index (χ1) is 10.0. The number of carbonyl (C=O) groups excluding carboxylic acids is 3. The van der Waals surface area contributed by atoms with Crippen molar-refractivity contribution in [2.75, 3.05) is 20.2 Å². The third-order valence-corrected chi connectivity index (χ3v) is 3.18. The summed E-state index contributed by atoms with van der Waals surface area (Å²) in [6.45, 7) is 0.101. The van der Waals surface area contributed by atoms with Gasteiger partial charge in [-0.05, 0) is 23.8 Å². The standard InChI is InChI=1S/C15H15NO5/c1-21-12-4-2-10(3-5-12)8-11-9-16(7-6-13(17)18)15(20)14(11)19/h2-5,8H,6-7,9H2,1H3,(H,17,18)/p-1/b11-8+. The van der Waals surface area contributed by atoms with Crippen molar-refractivity contribution < 1.29 is 24.2 Å². The Balaban J connectivity index is 2.12. The fourth-order valence-electron chi connectivity index (χ4n) is 2.05. The van der Waals surface area contributed by atoms with E-state index in [0.29, 0.717) is 11.3 Å². The van der Waals surface area contributed by atoms with Crippen LogP contribution in [-0.4, -0.2) is 42.8 Å². The molecule has 1 heterocycles. The fraction of sp³-hybridized carbons (Fsp3) is 0.267. The second kappa shape index (κ2) is 6.21. The molecule has 1 aromatic carbocycles. The Bertz CT molecular complexity index is 603. The largest absolute Gasteiger partial charge is 0.550 e. The van der Waals surface area contributed by atoms with Crippen LogP contribution in [0.1, 0.15) is 12.0 Å². The highest BCUT2D eigenvalue weighted by molar-refractivity contribution is 6.46. The van der Waals surface area contributed by atoms with Crippen molar-refractivity contribution in [2.24, 2.45) is 0 Å². The normalized spacial score (nSPS) is 16.6. The molecule has 1 aromatic rings. The number of rotatable bonds is 5. The molecule has 110 valence electrons. The Morgan fingerprint density at radius 2 is 2.00 bits per heavy atom. The van der Waals surface area contributed by atoms with Crippen LogP contribution in [0.15, 0.2) is 29.8 Å². The van der Waals surface area contributed by atoms with Gasteiger partial charge < -0.3 is 19.5 Å². The molecule has 0 radical (unpaired) electrons. The zero-order chi connectivity index (χ0) is 15.4. The number of benzene rings is 1. The van der Waals surface area contributed by atoms with E-state index in [9.17, 15) is 19.5 Å². The number of carboxylic acid groups (broad SMARTS) is 1. The van der Waals surface area contributed by atoms with Crippen LogP contribution < -0.4 is 9.84 Å². The highest BCUT2D eigenvalue weighted by atomic mass is 16.5. The minimum Gasteiger partial charge on any atom is -0.550 e. The molecule has 0 bridgehead atoms. The highest BCUT2D eigenvalue weighted by Gasteiger charge is 2.33. The molecule has 0 aromatic heterocycles. The van der Waals surface area contributed by atoms with Gasteiger partial charge in [0, 0.05) is 24.5 Å². The van der Waals surface area contributed by atoms with Gasteiger partial charge in [-0.2, -0.15) is 0 Å². The molecule has 6 heteroatoms. The van der Waals surface area contributed by atoms with Gasteiger partial charge in [0.25, 0.3) is 5.91 Å². The quantitative estimate of drug-likeness (QED) is 0.545. The average Bonchev–Trinajstić information content (AvgIpc) is 2.74. The van der Waals surface area contributed by atoms with Gasteiger partial charge in [-0.15, -0.1) is 0 Å². The zero-order valence-corrected chi connectivity index (χ0v) is 11.5. The minimum atomic E-state index is -1.25. The summed E-state index contributed by atoms with van der Waals surface area (Å²) in [7, 11) is 1.56. The van der Waals surface area contributed by atoms with Crippen molar-refractivity contribution in [3.05, 3.63) is 35.4 Å². The second-order valence-electron chi connectivity index (χ2n) is 4.62. The van der Waals surface area contributed by atoms with Crippen LogP contribution in [0.3, 0.4) is 0 Å². The number of Topliss-reactive ketones (excluding diaryl/α,β-unsaturated/α-hetero) is 1. The van der Waals surface area contributed by atoms with Gasteiger partial charge >= 0.3 is 0 Å². The first-order valence-electron chi connectivity index (χ1n) is 6.39. The predicted molar refractivity (Wildman–Crippen MR) is 72.2 cm³/mol. The lowest BCUT2D eigenvalue weighted by Crippen LogP contribution is -2.33. The van der Waals surface area contributed by atoms with Crippen LogP contribution >= 0.6 is 0 Å². The topological polar surface area (TPSA) is 86.7 Å². The number of ether oxygens (including phenoxy) is 1. The number of hydrogen-bond donors (Lipinski definition) is 0. The van der Waals surface area contributed by atoms with E-state index in [-0.39, 0.29) is 19.5 Å². The molecule has 1 aliphatic rings. The molecule has 2 rings (SSSR count). The smallest absolute Gasteiger partial charge is 0.294 e. The van der Waals surface area contributed by atoms with Gasteiger partial charge in [0.15, 0.2) is 0 Å². The maximum atomic E-state index is 11.8. The predicted octanol–water partition coefficient (Wildman–Crippen LogP) is -0.370. The Labute approximate surface area is 121 Å². The van der Waals surface area contributed by atoms with E-state index >= 15 is 0 Å². The van der Waals surface area contributed by atoms with Gasteiger partial charge in [-0.3, -0.25) is 9.59 Å². The van der Waals surface area contributed by atoms with E-state index in [2.05, 4.69) is 0 Å². The number of aliphatic carboxylic acids is 1. The van der Waals surface area contributed by atoms with Gasteiger partial charge in [0.2, 0.25) is 5.78 Å². The van der Waals surface area contributed by atoms with Gasteiger partial charge in [-0.1, -0.05) is 12.1 Å². The second-order valence-corrected chi connectivity index (χ2v) is 4.62. The van der Waals surface area contributed by atoms with Crippen molar-refractivity contribution in [2.45, 2.75) is 6.42 Å². The van der Waals surface area contributed by atoms with E-state index in [1.54, 1.807) is 37.5 Å². The van der Waals surface area contributed by atoms with Crippen LogP contribution in [0.5, 0.6) is 5.75 Å². The number of methoxy groups -OCH3 is 1. The number of carboxylic acids is 1. The van der Waals surface area contributed by atoms with Crippen molar-refractivity contribution >= 4 is 23.7 Å². The molecule has 0 saturated carbocycles. The third kappa shape index (κ3) is 3.47. The maximum absolute atomic E-state index is 11.8.